The van der Waals surface area contributed by atoms with Crippen LogP contribution in [0.1, 0.15) is 32.6 Å². The second kappa shape index (κ2) is 5.83. The Labute approximate surface area is 104 Å². The first kappa shape index (κ1) is 12.8. The van der Waals surface area contributed by atoms with Crippen molar-refractivity contribution in [3.8, 4) is 0 Å². The molecule has 2 N–H and O–H groups in total. The van der Waals surface area contributed by atoms with Crippen molar-refractivity contribution in [3.63, 3.8) is 0 Å². The largest absolute Gasteiger partial charge is 0.342 e. The molecule has 1 amide bonds. The molecule has 98 valence electrons. The van der Waals surface area contributed by atoms with Crippen molar-refractivity contribution in [1.82, 2.24) is 9.80 Å². The lowest BCUT2D eigenvalue weighted by Gasteiger charge is -2.37. The van der Waals surface area contributed by atoms with Gasteiger partial charge in [0.1, 0.15) is 0 Å². The van der Waals surface area contributed by atoms with Crippen molar-refractivity contribution in [2.45, 2.75) is 38.6 Å². The third-order valence-electron chi connectivity index (χ3n) is 4.21. The summed E-state index contributed by atoms with van der Waals surface area (Å²) in [5.74, 6) is 0.228. The summed E-state index contributed by atoms with van der Waals surface area (Å²) in [5.41, 5.74) is 5.55. The first-order valence-corrected chi connectivity index (χ1v) is 6.95. The van der Waals surface area contributed by atoms with Crippen LogP contribution in [0.2, 0.25) is 0 Å². The third kappa shape index (κ3) is 2.99. The molecule has 0 aliphatic carbocycles. The molecule has 1 unspecified atom stereocenters. The van der Waals surface area contributed by atoms with Gasteiger partial charge in [0.25, 0.3) is 0 Å². The zero-order chi connectivity index (χ0) is 12.3. The van der Waals surface area contributed by atoms with Crippen LogP contribution in [-0.4, -0.2) is 54.5 Å². The van der Waals surface area contributed by atoms with E-state index < -0.39 is 0 Å². The van der Waals surface area contributed by atoms with Gasteiger partial charge in [0.2, 0.25) is 5.91 Å². The number of nitrogens with zero attached hydrogens (tertiary/aromatic N) is 2. The summed E-state index contributed by atoms with van der Waals surface area (Å²) in [5, 5.41) is 0. The van der Waals surface area contributed by atoms with Crippen LogP contribution < -0.4 is 5.73 Å². The highest BCUT2D eigenvalue weighted by Crippen LogP contribution is 2.21. The fourth-order valence-electron chi connectivity index (χ4n) is 2.97. The van der Waals surface area contributed by atoms with Crippen molar-refractivity contribution in [2.24, 2.45) is 11.7 Å². The van der Waals surface area contributed by atoms with Gasteiger partial charge < -0.3 is 15.5 Å². The van der Waals surface area contributed by atoms with E-state index in [1.807, 2.05) is 11.8 Å². The molecular weight excluding hydrogens is 214 g/mol. The van der Waals surface area contributed by atoms with Crippen LogP contribution >= 0.6 is 0 Å². The molecule has 17 heavy (non-hydrogen) atoms. The maximum atomic E-state index is 12.0. The number of rotatable bonds is 3. The summed E-state index contributed by atoms with van der Waals surface area (Å²) in [4.78, 5) is 16.6. The maximum absolute atomic E-state index is 12.0. The molecule has 4 nitrogen and oxygen atoms in total. The van der Waals surface area contributed by atoms with E-state index in [9.17, 15) is 4.79 Å². The molecule has 2 rings (SSSR count). The average molecular weight is 239 g/mol. The number of likely N-dealkylation sites (tertiary alicyclic amines) is 2. The summed E-state index contributed by atoms with van der Waals surface area (Å²) in [6.45, 7) is 6.75. The van der Waals surface area contributed by atoms with Crippen LogP contribution in [0.5, 0.6) is 0 Å². The number of amides is 1. The summed E-state index contributed by atoms with van der Waals surface area (Å²) < 4.78 is 0. The predicted octanol–water partition coefficient (Wildman–Crippen LogP) is 0.668. The van der Waals surface area contributed by atoms with Crippen molar-refractivity contribution in [2.75, 3.05) is 32.7 Å². The number of carbonyl (C=O) groups excluding carboxylic acids is 1. The fraction of sp³-hybridized carbons (Fsp3) is 0.923. The Morgan fingerprint density at radius 1 is 1.24 bits per heavy atom. The second-order valence-corrected chi connectivity index (χ2v) is 5.44. The molecule has 2 fully saturated rings. The smallest absolute Gasteiger partial charge is 0.226 e. The van der Waals surface area contributed by atoms with Crippen LogP contribution in [-0.2, 0) is 4.79 Å². The molecule has 1 atom stereocenters. The van der Waals surface area contributed by atoms with Crippen molar-refractivity contribution < 1.29 is 4.79 Å². The molecule has 2 aliphatic heterocycles. The van der Waals surface area contributed by atoms with Crippen LogP contribution in [0.4, 0.5) is 0 Å². The third-order valence-corrected chi connectivity index (χ3v) is 4.21. The molecule has 0 aromatic carbocycles. The lowest BCUT2D eigenvalue weighted by atomic mass is 10.0. The maximum Gasteiger partial charge on any atom is 0.226 e. The Morgan fingerprint density at radius 2 is 1.82 bits per heavy atom. The molecule has 0 aromatic heterocycles. The van der Waals surface area contributed by atoms with E-state index in [0.717, 1.165) is 32.0 Å². The zero-order valence-corrected chi connectivity index (χ0v) is 10.9. The van der Waals surface area contributed by atoms with Gasteiger partial charge in [0.05, 0.1) is 0 Å². The lowest BCUT2D eigenvalue weighted by molar-refractivity contribution is -0.136. The zero-order valence-electron chi connectivity index (χ0n) is 10.9. The number of hydrogen-bond acceptors (Lipinski definition) is 3. The van der Waals surface area contributed by atoms with Gasteiger partial charge in [-0.1, -0.05) is 6.92 Å². The van der Waals surface area contributed by atoms with Crippen LogP contribution in [0.15, 0.2) is 0 Å². The number of carbonyl (C=O) groups is 1. The topological polar surface area (TPSA) is 49.6 Å². The highest BCUT2D eigenvalue weighted by Gasteiger charge is 2.29. The molecule has 0 bridgehead atoms. The average Bonchev–Trinajstić information content (AvgIpc) is 2.91. The SMILES string of the molecule is CC(CN)C(=O)N1CCC(N2CCCC2)CC1. The summed E-state index contributed by atoms with van der Waals surface area (Å²) in [6, 6.07) is 0.717. The molecule has 0 spiro atoms. The van der Waals surface area contributed by atoms with Gasteiger partial charge >= 0.3 is 0 Å². The van der Waals surface area contributed by atoms with E-state index >= 15 is 0 Å². The van der Waals surface area contributed by atoms with Gasteiger partial charge in [-0.3, -0.25) is 4.79 Å². The van der Waals surface area contributed by atoms with Gasteiger partial charge in [0, 0.05) is 31.6 Å². The minimum absolute atomic E-state index is 0.0154. The molecule has 2 aliphatic rings. The molecule has 4 heteroatoms. The normalized spacial score (nSPS) is 25.2. The van der Waals surface area contributed by atoms with Crippen LogP contribution in [0.3, 0.4) is 0 Å². The lowest BCUT2D eigenvalue weighted by Crippen LogP contribution is -2.48. The Morgan fingerprint density at radius 3 is 2.35 bits per heavy atom. The first-order chi connectivity index (χ1) is 8.22. The van der Waals surface area contributed by atoms with E-state index in [0.29, 0.717) is 6.54 Å². The van der Waals surface area contributed by atoms with E-state index in [4.69, 9.17) is 5.73 Å². The van der Waals surface area contributed by atoms with Gasteiger partial charge in [-0.25, -0.2) is 0 Å². The van der Waals surface area contributed by atoms with E-state index in [1.165, 1.54) is 25.9 Å². The molecule has 0 saturated carbocycles. The monoisotopic (exact) mass is 239 g/mol. The quantitative estimate of drug-likeness (QED) is 0.787. The fourth-order valence-corrected chi connectivity index (χ4v) is 2.97. The van der Waals surface area contributed by atoms with Crippen molar-refractivity contribution in [3.05, 3.63) is 0 Å². The van der Waals surface area contributed by atoms with Crippen LogP contribution in [0.25, 0.3) is 0 Å². The van der Waals surface area contributed by atoms with Gasteiger partial charge in [-0.15, -0.1) is 0 Å². The molecule has 0 aromatic rings. The number of piperidine rings is 1. The second-order valence-electron chi connectivity index (χ2n) is 5.44. The van der Waals surface area contributed by atoms with Crippen molar-refractivity contribution in [1.29, 1.82) is 0 Å². The number of hydrogen-bond donors (Lipinski definition) is 1. The van der Waals surface area contributed by atoms with E-state index in [-0.39, 0.29) is 11.8 Å². The Bertz CT molecular complexity index is 255. The van der Waals surface area contributed by atoms with E-state index in [1.54, 1.807) is 0 Å². The standard InChI is InChI=1S/C13H25N3O/c1-11(10-14)13(17)16-8-4-12(5-9-16)15-6-2-3-7-15/h11-12H,2-10,14H2,1H3. The van der Waals surface area contributed by atoms with E-state index in [2.05, 4.69) is 4.90 Å². The predicted molar refractivity (Wildman–Crippen MR) is 68.6 cm³/mol. The highest BCUT2D eigenvalue weighted by atomic mass is 16.2. The van der Waals surface area contributed by atoms with Crippen molar-refractivity contribution >= 4 is 5.91 Å². The number of nitrogens with two attached hydrogens (primary N) is 1. The highest BCUT2D eigenvalue weighted by molar-refractivity contribution is 5.78. The summed E-state index contributed by atoms with van der Waals surface area (Å²) >= 11 is 0. The molecule has 2 saturated heterocycles. The van der Waals surface area contributed by atoms with Gasteiger partial charge in [0.15, 0.2) is 0 Å². The Balaban J connectivity index is 1.79. The Kier molecular flexibility index (Phi) is 4.40. The molecule has 2 heterocycles. The minimum atomic E-state index is -0.0154. The minimum Gasteiger partial charge on any atom is -0.342 e. The van der Waals surface area contributed by atoms with Crippen LogP contribution in [0, 0.1) is 5.92 Å². The first-order valence-electron chi connectivity index (χ1n) is 6.95. The molecular formula is C13H25N3O. The Hall–Kier alpha value is -0.610. The summed E-state index contributed by atoms with van der Waals surface area (Å²) in [7, 11) is 0. The van der Waals surface area contributed by atoms with Gasteiger partial charge in [-0.05, 0) is 38.8 Å². The molecule has 0 radical (unpaired) electrons. The van der Waals surface area contributed by atoms with Gasteiger partial charge in [-0.2, -0.15) is 0 Å². The summed E-state index contributed by atoms with van der Waals surface area (Å²) in [6.07, 6.45) is 4.98.